The van der Waals surface area contributed by atoms with Crippen molar-refractivity contribution in [3.05, 3.63) is 101 Å². The Bertz CT molecular complexity index is 1800. The zero-order valence-electron chi connectivity index (χ0n) is 30.1. The van der Waals surface area contributed by atoms with Crippen LogP contribution in [0.2, 0.25) is 0 Å². The highest BCUT2D eigenvalue weighted by Gasteiger charge is 2.31. The van der Waals surface area contributed by atoms with Gasteiger partial charge in [-0.3, -0.25) is 9.59 Å². The first-order valence-electron chi connectivity index (χ1n) is 16.6. The maximum atomic E-state index is 14.2. The van der Waals surface area contributed by atoms with Gasteiger partial charge in [0.05, 0.1) is 34.0 Å². The predicted molar refractivity (Wildman–Crippen MR) is 193 cm³/mol. The minimum Gasteiger partial charge on any atom is -0.493 e. The van der Waals surface area contributed by atoms with Gasteiger partial charge in [-0.2, -0.15) is 0 Å². The van der Waals surface area contributed by atoms with Crippen LogP contribution in [0.15, 0.2) is 79.0 Å². The molecule has 0 aliphatic heterocycles. The van der Waals surface area contributed by atoms with Gasteiger partial charge in [0.15, 0.2) is 11.5 Å². The summed E-state index contributed by atoms with van der Waals surface area (Å²) in [5.41, 5.74) is 8.81. The average Bonchev–Trinajstić information content (AvgIpc) is 3.12. The van der Waals surface area contributed by atoms with Crippen molar-refractivity contribution >= 4 is 23.3 Å². The van der Waals surface area contributed by atoms with Gasteiger partial charge in [0.2, 0.25) is 17.6 Å². The SMILES string of the molecule is COc1cc(CN(CC(=O)N(Cc2ccc(OC(F)(F)F)cc2)c2cccc(CC(C)NC[C@H](O)c3ccc(N)nc3)c2)C(C)=O)cc(OC)c1OC. The molecule has 0 spiro atoms. The van der Waals surface area contributed by atoms with E-state index in [2.05, 4.69) is 15.0 Å². The van der Waals surface area contributed by atoms with Crippen molar-refractivity contribution in [2.24, 2.45) is 0 Å². The summed E-state index contributed by atoms with van der Waals surface area (Å²) in [6.07, 6.45) is -3.60. The first-order chi connectivity index (χ1) is 25.2. The van der Waals surface area contributed by atoms with Gasteiger partial charge in [-0.15, -0.1) is 13.2 Å². The number of anilines is 2. The zero-order valence-corrected chi connectivity index (χ0v) is 30.1. The average molecular weight is 740 g/mol. The minimum absolute atomic E-state index is 0.0138. The molecule has 12 nitrogen and oxygen atoms in total. The molecule has 0 aliphatic rings. The molecule has 1 heterocycles. The zero-order chi connectivity index (χ0) is 38.7. The predicted octanol–water partition coefficient (Wildman–Crippen LogP) is 5.42. The summed E-state index contributed by atoms with van der Waals surface area (Å²) in [5, 5.41) is 13.9. The Hall–Kier alpha value is -5.54. The third kappa shape index (κ3) is 11.7. The van der Waals surface area contributed by atoms with Gasteiger partial charge in [0.1, 0.15) is 18.1 Å². The van der Waals surface area contributed by atoms with E-state index in [9.17, 15) is 27.9 Å². The number of hydrogen-bond acceptors (Lipinski definition) is 10. The second-order valence-corrected chi connectivity index (χ2v) is 12.3. The summed E-state index contributed by atoms with van der Waals surface area (Å²) < 4.78 is 58.7. The van der Waals surface area contributed by atoms with Gasteiger partial charge in [-0.05, 0) is 72.5 Å². The van der Waals surface area contributed by atoms with E-state index in [1.807, 2.05) is 19.1 Å². The molecule has 2 atom stereocenters. The van der Waals surface area contributed by atoms with Crippen LogP contribution in [0.5, 0.6) is 23.0 Å². The molecule has 3 aromatic carbocycles. The van der Waals surface area contributed by atoms with Crippen LogP contribution in [-0.4, -0.2) is 73.6 Å². The molecule has 0 aliphatic carbocycles. The second-order valence-electron chi connectivity index (χ2n) is 12.3. The minimum atomic E-state index is -4.85. The van der Waals surface area contributed by atoms with E-state index in [1.54, 1.807) is 36.4 Å². The number of benzene rings is 3. The van der Waals surface area contributed by atoms with E-state index in [-0.39, 0.29) is 38.1 Å². The van der Waals surface area contributed by atoms with E-state index in [0.29, 0.717) is 51.9 Å². The van der Waals surface area contributed by atoms with Crippen LogP contribution in [0, 0.1) is 0 Å². The molecule has 284 valence electrons. The Morgan fingerprint density at radius 3 is 2.15 bits per heavy atom. The number of ether oxygens (including phenoxy) is 4. The van der Waals surface area contributed by atoms with Crippen LogP contribution in [0.4, 0.5) is 24.7 Å². The number of methoxy groups -OCH3 is 3. The summed E-state index contributed by atoms with van der Waals surface area (Å²) in [6.45, 7) is 3.28. The molecule has 4 N–H and O–H groups in total. The van der Waals surface area contributed by atoms with E-state index >= 15 is 0 Å². The van der Waals surface area contributed by atoms with Gasteiger partial charge in [0, 0.05) is 43.5 Å². The van der Waals surface area contributed by atoms with Gasteiger partial charge in [-0.1, -0.05) is 30.3 Å². The number of nitrogens with zero attached hydrogens (tertiary/aromatic N) is 3. The van der Waals surface area contributed by atoms with E-state index in [1.165, 1.54) is 68.5 Å². The number of amides is 2. The molecule has 0 bridgehead atoms. The van der Waals surface area contributed by atoms with Gasteiger partial charge >= 0.3 is 6.36 Å². The molecule has 1 aromatic heterocycles. The maximum absolute atomic E-state index is 14.2. The van der Waals surface area contributed by atoms with Gasteiger partial charge in [-0.25, -0.2) is 4.98 Å². The second kappa shape index (κ2) is 18.3. The Morgan fingerprint density at radius 2 is 1.58 bits per heavy atom. The van der Waals surface area contributed by atoms with Crippen LogP contribution in [0.1, 0.15) is 42.2 Å². The third-order valence-electron chi connectivity index (χ3n) is 8.29. The summed E-state index contributed by atoms with van der Waals surface area (Å²) in [5.74, 6) is 0.296. The summed E-state index contributed by atoms with van der Waals surface area (Å²) in [6, 6.07) is 19.2. The first-order valence-corrected chi connectivity index (χ1v) is 16.6. The number of pyridine rings is 1. The highest BCUT2D eigenvalue weighted by Crippen LogP contribution is 2.38. The molecular formula is C38H44F3N5O7. The van der Waals surface area contributed by atoms with Crippen molar-refractivity contribution in [1.82, 2.24) is 15.2 Å². The standard InChI is InChI=1S/C38H44F3N5O7/c1-24(43-20-32(48)29-11-14-35(42)44-19-29)15-27-7-6-8-30(16-27)46(22-26-9-12-31(13-10-26)53-38(39,40)41)36(49)23-45(25(2)47)21-28-17-33(50-3)37(52-5)34(18-28)51-4/h6-14,16-19,24,32,43,48H,15,20-23H2,1-5H3,(H2,42,44)/t24?,32-/m0/s1. The molecule has 53 heavy (non-hydrogen) atoms. The molecule has 0 saturated heterocycles. The number of alkyl halides is 3. The van der Waals surface area contributed by atoms with Gasteiger partial charge < -0.3 is 44.9 Å². The smallest absolute Gasteiger partial charge is 0.493 e. The van der Waals surface area contributed by atoms with Crippen molar-refractivity contribution in [3.63, 3.8) is 0 Å². The number of aliphatic hydroxyl groups is 1. The highest BCUT2D eigenvalue weighted by atomic mass is 19.4. The molecule has 4 rings (SSSR count). The van der Waals surface area contributed by atoms with E-state index in [0.717, 1.165) is 5.56 Å². The third-order valence-corrected chi connectivity index (χ3v) is 8.29. The molecule has 0 fully saturated rings. The fourth-order valence-electron chi connectivity index (χ4n) is 5.60. The van der Waals surface area contributed by atoms with Crippen molar-refractivity contribution in [2.45, 2.75) is 51.9 Å². The number of aliphatic hydroxyl groups excluding tert-OH is 1. The van der Waals surface area contributed by atoms with Crippen LogP contribution >= 0.6 is 0 Å². The number of nitrogen functional groups attached to an aromatic ring is 1. The van der Waals surface area contributed by atoms with E-state index < -0.39 is 24.1 Å². The fourth-order valence-corrected chi connectivity index (χ4v) is 5.60. The van der Waals surface area contributed by atoms with Crippen LogP contribution in [0.3, 0.4) is 0 Å². The number of nitrogens with two attached hydrogens (primary N) is 1. The quantitative estimate of drug-likeness (QED) is 0.128. The van der Waals surface area contributed by atoms with Crippen molar-refractivity contribution in [3.8, 4) is 23.0 Å². The number of aromatic nitrogens is 1. The monoisotopic (exact) mass is 739 g/mol. The van der Waals surface area contributed by atoms with Crippen molar-refractivity contribution < 1.29 is 46.8 Å². The Balaban J connectivity index is 1.57. The molecule has 15 heteroatoms. The summed E-state index contributed by atoms with van der Waals surface area (Å²) in [7, 11) is 4.42. The topological polar surface area (TPSA) is 149 Å². The number of hydrogen-bond donors (Lipinski definition) is 3. The number of rotatable bonds is 17. The lowest BCUT2D eigenvalue weighted by Gasteiger charge is -2.28. The van der Waals surface area contributed by atoms with E-state index in [4.69, 9.17) is 19.9 Å². The Labute approximate surface area is 306 Å². The lowest BCUT2D eigenvalue weighted by molar-refractivity contribution is -0.274. The largest absolute Gasteiger partial charge is 0.573 e. The molecule has 2 amide bonds. The first kappa shape index (κ1) is 40.2. The van der Waals surface area contributed by atoms with Crippen LogP contribution in [-0.2, 0) is 29.1 Å². The van der Waals surface area contributed by atoms with Gasteiger partial charge in [0.25, 0.3) is 0 Å². The normalized spacial score (nSPS) is 12.4. The number of carbonyl (C=O) groups excluding carboxylic acids is 2. The highest BCUT2D eigenvalue weighted by molar-refractivity contribution is 5.96. The molecule has 0 radical (unpaired) electrons. The fraction of sp³-hybridized carbons (Fsp3) is 0.342. The molecule has 0 saturated carbocycles. The number of carbonyl (C=O) groups is 2. The Kier molecular flexibility index (Phi) is 13.9. The molecule has 4 aromatic rings. The van der Waals surface area contributed by atoms with Crippen LogP contribution < -0.4 is 34.9 Å². The molecule has 1 unspecified atom stereocenters. The van der Waals surface area contributed by atoms with Crippen molar-refractivity contribution in [1.29, 1.82) is 0 Å². The lowest BCUT2D eigenvalue weighted by atomic mass is 10.0. The maximum Gasteiger partial charge on any atom is 0.573 e. The molecular weight excluding hydrogens is 695 g/mol. The lowest BCUT2D eigenvalue weighted by Crippen LogP contribution is -2.42. The summed E-state index contributed by atoms with van der Waals surface area (Å²) >= 11 is 0. The van der Waals surface area contributed by atoms with Crippen LogP contribution in [0.25, 0.3) is 0 Å². The van der Waals surface area contributed by atoms with Crippen molar-refractivity contribution in [2.75, 3.05) is 45.1 Å². The number of nitrogens with one attached hydrogen (secondary N) is 1. The Morgan fingerprint density at radius 1 is 0.906 bits per heavy atom. The number of halogens is 3. The summed E-state index contributed by atoms with van der Waals surface area (Å²) in [4.78, 5) is 33.9.